The van der Waals surface area contributed by atoms with Gasteiger partial charge in [0.1, 0.15) is 5.82 Å². The summed E-state index contributed by atoms with van der Waals surface area (Å²) in [4.78, 5) is 0. The van der Waals surface area contributed by atoms with Gasteiger partial charge in [-0.1, -0.05) is 35.9 Å². The first-order valence-electron chi connectivity index (χ1n) is 7.63. The summed E-state index contributed by atoms with van der Waals surface area (Å²) < 4.78 is 13.6. The van der Waals surface area contributed by atoms with Gasteiger partial charge in [0.2, 0.25) is 0 Å². The number of hydrogen-bond donors (Lipinski definition) is 1. The molecular formula is C19H17ClFN. The Balaban J connectivity index is 1.82. The maximum Gasteiger partial charge on any atom is 0.123 e. The quantitative estimate of drug-likeness (QED) is 0.834. The Morgan fingerprint density at radius 2 is 2.05 bits per heavy atom. The number of rotatable bonds is 2. The highest BCUT2D eigenvalue weighted by Crippen LogP contribution is 2.50. The van der Waals surface area contributed by atoms with Crippen molar-refractivity contribution in [3.8, 4) is 0 Å². The van der Waals surface area contributed by atoms with Gasteiger partial charge in [0.25, 0.3) is 0 Å². The number of fused-ring (bicyclic) bond motifs is 2. The van der Waals surface area contributed by atoms with Gasteiger partial charge in [-0.25, -0.2) is 4.39 Å². The van der Waals surface area contributed by atoms with Crippen molar-refractivity contribution in [2.24, 2.45) is 0 Å². The summed E-state index contributed by atoms with van der Waals surface area (Å²) in [5, 5.41) is 4.13. The predicted octanol–water partition coefficient (Wildman–Crippen LogP) is 4.87. The standard InChI is InChI=1S/C19H17ClFN/c1-22-18-10-15(13-8-6-12(21)9-16(13)18)14-7-5-11-3-2-4-17(20)19(11)14/h2-4,6-9,15,18,22H,5,10H2,1H3. The molecule has 1 N–H and O–H groups in total. The van der Waals surface area contributed by atoms with Crippen molar-refractivity contribution in [1.82, 2.24) is 5.32 Å². The molecule has 0 saturated heterocycles. The zero-order chi connectivity index (χ0) is 15.3. The first-order chi connectivity index (χ1) is 10.7. The lowest BCUT2D eigenvalue weighted by Crippen LogP contribution is -2.13. The van der Waals surface area contributed by atoms with E-state index >= 15 is 0 Å². The molecule has 0 aliphatic heterocycles. The summed E-state index contributed by atoms with van der Waals surface area (Å²) in [6.07, 6.45) is 4.17. The maximum atomic E-state index is 13.6. The van der Waals surface area contributed by atoms with E-state index in [9.17, 15) is 4.39 Å². The SMILES string of the molecule is CNC1CC(C2=CCc3cccc(Cl)c32)c2ccc(F)cc21. The molecule has 2 aromatic rings. The highest BCUT2D eigenvalue weighted by Gasteiger charge is 2.35. The molecular weight excluding hydrogens is 297 g/mol. The van der Waals surface area contributed by atoms with Crippen molar-refractivity contribution < 1.29 is 4.39 Å². The van der Waals surface area contributed by atoms with E-state index in [1.165, 1.54) is 22.3 Å². The molecule has 2 aliphatic carbocycles. The van der Waals surface area contributed by atoms with Crippen molar-refractivity contribution in [1.29, 1.82) is 0 Å². The fourth-order valence-corrected chi connectivity index (χ4v) is 4.23. The lowest BCUT2D eigenvalue weighted by Gasteiger charge is -2.16. The van der Waals surface area contributed by atoms with E-state index in [4.69, 9.17) is 11.6 Å². The summed E-state index contributed by atoms with van der Waals surface area (Å²) in [5.41, 5.74) is 6.07. The Bertz CT molecular complexity index is 781. The van der Waals surface area contributed by atoms with Gasteiger partial charge in [0, 0.05) is 22.5 Å². The minimum Gasteiger partial charge on any atom is -0.313 e. The lowest BCUT2D eigenvalue weighted by atomic mass is 9.89. The monoisotopic (exact) mass is 313 g/mol. The number of hydrogen-bond acceptors (Lipinski definition) is 1. The van der Waals surface area contributed by atoms with E-state index in [0.717, 1.165) is 23.4 Å². The molecule has 0 fully saturated rings. The smallest absolute Gasteiger partial charge is 0.123 e. The molecule has 0 bridgehead atoms. The Morgan fingerprint density at radius 1 is 1.18 bits per heavy atom. The van der Waals surface area contributed by atoms with Gasteiger partial charge < -0.3 is 5.32 Å². The number of allylic oxidation sites excluding steroid dienone is 2. The van der Waals surface area contributed by atoms with Crippen LogP contribution in [0.4, 0.5) is 4.39 Å². The van der Waals surface area contributed by atoms with Crippen LogP contribution in [0.25, 0.3) is 5.57 Å². The van der Waals surface area contributed by atoms with E-state index in [2.05, 4.69) is 17.5 Å². The third-order valence-electron chi connectivity index (χ3n) is 4.93. The van der Waals surface area contributed by atoms with Crippen molar-refractivity contribution in [3.05, 3.63) is 75.6 Å². The molecule has 4 rings (SSSR count). The third kappa shape index (κ3) is 2.02. The zero-order valence-corrected chi connectivity index (χ0v) is 13.1. The molecule has 2 aromatic carbocycles. The van der Waals surface area contributed by atoms with Crippen LogP contribution in [0.3, 0.4) is 0 Å². The van der Waals surface area contributed by atoms with Crippen LogP contribution >= 0.6 is 11.6 Å². The summed E-state index contributed by atoms with van der Waals surface area (Å²) in [7, 11) is 1.94. The zero-order valence-electron chi connectivity index (χ0n) is 12.4. The van der Waals surface area contributed by atoms with Crippen molar-refractivity contribution in [2.75, 3.05) is 7.05 Å². The minimum absolute atomic E-state index is 0.168. The Morgan fingerprint density at radius 3 is 2.86 bits per heavy atom. The molecule has 0 saturated carbocycles. The average Bonchev–Trinajstić information content (AvgIpc) is 3.08. The third-order valence-corrected chi connectivity index (χ3v) is 5.24. The summed E-state index contributed by atoms with van der Waals surface area (Å²) in [5.74, 6) is 0.118. The number of benzene rings is 2. The predicted molar refractivity (Wildman–Crippen MR) is 88.7 cm³/mol. The molecule has 2 aliphatic rings. The van der Waals surface area contributed by atoms with Crippen LogP contribution in [0.15, 0.2) is 42.5 Å². The average molecular weight is 314 g/mol. The van der Waals surface area contributed by atoms with E-state index < -0.39 is 0 Å². The molecule has 0 amide bonds. The molecule has 22 heavy (non-hydrogen) atoms. The number of halogens is 2. The summed E-state index contributed by atoms with van der Waals surface area (Å²) >= 11 is 6.45. The highest BCUT2D eigenvalue weighted by molar-refractivity contribution is 6.32. The summed E-state index contributed by atoms with van der Waals surface area (Å²) in [6.45, 7) is 0. The van der Waals surface area contributed by atoms with Crippen LogP contribution in [-0.4, -0.2) is 7.05 Å². The van der Waals surface area contributed by atoms with Gasteiger partial charge in [0.05, 0.1) is 0 Å². The normalized spacial score (nSPS) is 22.4. The maximum absolute atomic E-state index is 13.6. The van der Waals surface area contributed by atoms with Crippen LogP contribution < -0.4 is 5.32 Å². The Hall–Kier alpha value is -1.64. The van der Waals surface area contributed by atoms with E-state index in [1.54, 1.807) is 12.1 Å². The molecule has 1 nitrogen and oxygen atoms in total. The molecule has 0 spiro atoms. The Kier molecular flexibility index (Phi) is 3.32. The van der Waals surface area contributed by atoms with Crippen molar-refractivity contribution >= 4 is 17.2 Å². The fraction of sp³-hybridized carbons (Fsp3) is 0.263. The topological polar surface area (TPSA) is 12.0 Å². The van der Waals surface area contributed by atoms with Crippen LogP contribution in [0.5, 0.6) is 0 Å². The second kappa shape index (κ2) is 5.22. The van der Waals surface area contributed by atoms with Gasteiger partial charge >= 0.3 is 0 Å². The van der Waals surface area contributed by atoms with Crippen LogP contribution in [0.2, 0.25) is 5.02 Å². The molecule has 0 heterocycles. The van der Waals surface area contributed by atoms with Crippen molar-refractivity contribution in [3.63, 3.8) is 0 Å². The van der Waals surface area contributed by atoms with Crippen LogP contribution in [-0.2, 0) is 6.42 Å². The molecule has 112 valence electrons. The largest absolute Gasteiger partial charge is 0.313 e. The molecule has 2 atom stereocenters. The van der Waals surface area contributed by atoms with Gasteiger partial charge in [0.15, 0.2) is 0 Å². The minimum atomic E-state index is -0.168. The second-order valence-electron chi connectivity index (χ2n) is 6.04. The van der Waals surface area contributed by atoms with Gasteiger partial charge in [-0.2, -0.15) is 0 Å². The van der Waals surface area contributed by atoms with Gasteiger partial charge in [-0.15, -0.1) is 0 Å². The number of nitrogens with one attached hydrogen (secondary N) is 1. The second-order valence-corrected chi connectivity index (χ2v) is 6.45. The molecule has 0 aromatic heterocycles. The van der Waals surface area contributed by atoms with E-state index in [1.807, 2.05) is 25.2 Å². The van der Waals surface area contributed by atoms with Crippen LogP contribution in [0.1, 0.15) is 40.6 Å². The van der Waals surface area contributed by atoms with E-state index in [-0.39, 0.29) is 17.8 Å². The summed E-state index contributed by atoms with van der Waals surface area (Å²) in [6, 6.07) is 11.5. The fourth-order valence-electron chi connectivity index (χ4n) is 3.92. The van der Waals surface area contributed by atoms with Gasteiger partial charge in [-0.3, -0.25) is 0 Å². The first kappa shape index (κ1) is 14.0. The van der Waals surface area contributed by atoms with Crippen LogP contribution in [0, 0.1) is 5.82 Å². The van der Waals surface area contributed by atoms with E-state index in [0.29, 0.717) is 0 Å². The first-order valence-corrected chi connectivity index (χ1v) is 8.01. The molecule has 0 radical (unpaired) electrons. The highest BCUT2D eigenvalue weighted by atomic mass is 35.5. The molecule has 3 heteroatoms. The molecule has 2 unspecified atom stereocenters. The Labute approximate surface area is 134 Å². The van der Waals surface area contributed by atoms with Crippen molar-refractivity contribution in [2.45, 2.75) is 24.8 Å². The van der Waals surface area contributed by atoms with Gasteiger partial charge in [-0.05, 0) is 60.4 Å². The lowest BCUT2D eigenvalue weighted by molar-refractivity contribution is 0.568.